The summed E-state index contributed by atoms with van der Waals surface area (Å²) in [5, 5.41) is 2.99. The quantitative estimate of drug-likeness (QED) is 0.841. The summed E-state index contributed by atoms with van der Waals surface area (Å²) in [6.07, 6.45) is 6.16. The van der Waals surface area contributed by atoms with Crippen LogP contribution in [0.4, 0.5) is 0 Å². The van der Waals surface area contributed by atoms with Crippen molar-refractivity contribution >= 4 is 23.6 Å². The smallest absolute Gasteiger partial charge is 0.250 e. The summed E-state index contributed by atoms with van der Waals surface area (Å²) >= 11 is 1.61. The van der Waals surface area contributed by atoms with Crippen LogP contribution in [0, 0.1) is 0 Å². The predicted molar refractivity (Wildman–Crippen MR) is 92.8 cm³/mol. The SMILES string of the molecule is CCC=C(C)C(=O)N1CSCC1C(=O)NC(C)c1cccnc1. The van der Waals surface area contributed by atoms with E-state index in [4.69, 9.17) is 0 Å². The van der Waals surface area contributed by atoms with Crippen molar-refractivity contribution in [2.45, 2.75) is 39.3 Å². The third kappa shape index (κ3) is 4.34. The van der Waals surface area contributed by atoms with Gasteiger partial charge in [0.15, 0.2) is 0 Å². The summed E-state index contributed by atoms with van der Waals surface area (Å²) in [5.74, 6) is 1.04. The molecule has 0 aromatic carbocycles. The molecule has 2 unspecified atom stereocenters. The summed E-state index contributed by atoms with van der Waals surface area (Å²) in [6, 6.07) is 3.23. The van der Waals surface area contributed by atoms with E-state index in [1.165, 1.54) is 0 Å². The lowest BCUT2D eigenvalue weighted by atomic mass is 10.1. The minimum Gasteiger partial charge on any atom is -0.348 e. The number of hydrogen-bond acceptors (Lipinski definition) is 4. The normalized spacial score (nSPS) is 19.5. The van der Waals surface area contributed by atoms with E-state index in [1.54, 1.807) is 29.1 Å². The molecule has 1 aliphatic heterocycles. The van der Waals surface area contributed by atoms with Crippen molar-refractivity contribution in [3.8, 4) is 0 Å². The molecule has 1 saturated heterocycles. The number of nitrogens with one attached hydrogen (secondary N) is 1. The molecule has 0 bridgehead atoms. The van der Waals surface area contributed by atoms with Gasteiger partial charge in [-0.3, -0.25) is 14.6 Å². The number of allylic oxidation sites excluding steroid dienone is 1. The van der Waals surface area contributed by atoms with Crippen LogP contribution in [0.2, 0.25) is 0 Å². The summed E-state index contributed by atoms with van der Waals surface area (Å²) in [4.78, 5) is 30.8. The minimum absolute atomic E-state index is 0.0500. The maximum Gasteiger partial charge on any atom is 0.250 e. The second-order valence-electron chi connectivity index (χ2n) is 5.60. The van der Waals surface area contributed by atoms with E-state index in [0.717, 1.165) is 12.0 Å². The molecule has 23 heavy (non-hydrogen) atoms. The van der Waals surface area contributed by atoms with Gasteiger partial charge in [0, 0.05) is 23.7 Å². The van der Waals surface area contributed by atoms with Gasteiger partial charge >= 0.3 is 0 Å². The number of pyridine rings is 1. The van der Waals surface area contributed by atoms with E-state index in [-0.39, 0.29) is 17.9 Å². The minimum atomic E-state index is -0.410. The van der Waals surface area contributed by atoms with Crippen LogP contribution in [0.1, 0.15) is 38.8 Å². The molecule has 6 heteroatoms. The van der Waals surface area contributed by atoms with Gasteiger partial charge in [0.25, 0.3) is 5.91 Å². The van der Waals surface area contributed by atoms with Gasteiger partial charge in [0.2, 0.25) is 5.91 Å². The molecule has 1 aromatic rings. The fraction of sp³-hybridized carbons (Fsp3) is 0.471. The third-order valence-electron chi connectivity index (χ3n) is 3.84. The molecule has 2 atom stereocenters. The summed E-state index contributed by atoms with van der Waals surface area (Å²) in [6.45, 7) is 5.72. The van der Waals surface area contributed by atoms with Crippen molar-refractivity contribution < 1.29 is 9.59 Å². The molecule has 5 nitrogen and oxygen atoms in total. The second kappa shape index (κ2) is 8.15. The Morgan fingerprint density at radius 2 is 2.35 bits per heavy atom. The molecule has 2 amide bonds. The number of carbonyl (C=O) groups is 2. The second-order valence-corrected chi connectivity index (χ2v) is 6.60. The van der Waals surface area contributed by atoms with Crippen LogP contribution in [-0.4, -0.2) is 39.4 Å². The van der Waals surface area contributed by atoms with Crippen LogP contribution in [0.3, 0.4) is 0 Å². The molecule has 2 rings (SSSR count). The Morgan fingerprint density at radius 3 is 3.00 bits per heavy atom. The molecule has 2 heterocycles. The van der Waals surface area contributed by atoms with E-state index in [0.29, 0.717) is 17.2 Å². The number of hydrogen-bond donors (Lipinski definition) is 1. The van der Waals surface area contributed by atoms with Crippen molar-refractivity contribution in [3.05, 3.63) is 41.7 Å². The number of carbonyl (C=O) groups excluding carboxylic acids is 2. The zero-order chi connectivity index (χ0) is 16.8. The van der Waals surface area contributed by atoms with Crippen LogP contribution < -0.4 is 5.32 Å². The van der Waals surface area contributed by atoms with Crippen LogP contribution in [-0.2, 0) is 9.59 Å². The lowest BCUT2D eigenvalue weighted by Gasteiger charge is -2.25. The molecule has 1 fully saturated rings. The molecule has 1 aromatic heterocycles. The van der Waals surface area contributed by atoms with Crippen molar-refractivity contribution in [3.63, 3.8) is 0 Å². The topological polar surface area (TPSA) is 62.3 Å². The van der Waals surface area contributed by atoms with Gasteiger partial charge in [0.05, 0.1) is 11.9 Å². The van der Waals surface area contributed by atoms with Crippen molar-refractivity contribution in [1.29, 1.82) is 0 Å². The van der Waals surface area contributed by atoms with Gasteiger partial charge in [-0.2, -0.15) is 0 Å². The highest BCUT2D eigenvalue weighted by atomic mass is 32.2. The van der Waals surface area contributed by atoms with Crippen molar-refractivity contribution in [2.75, 3.05) is 11.6 Å². The van der Waals surface area contributed by atoms with Gasteiger partial charge < -0.3 is 10.2 Å². The lowest BCUT2D eigenvalue weighted by molar-refractivity contribution is -0.135. The number of nitrogens with zero attached hydrogens (tertiary/aromatic N) is 2. The van der Waals surface area contributed by atoms with Crippen LogP contribution in [0.25, 0.3) is 0 Å². The lowest BCUT2D eigenvalue weighted by Crippen LogP contribution is -2.48. The van der Waals surface area contributed by atoms with Gasteiger partial charge in [0.1, 0.15) is 6.04 Å². The zero-order valence-electron chi connectivity index (χ0n) is 13.8. The summed E-state index contributed by atoms with van der Waals surface area (Å²) in [7, 11) is 0. The first-order valence-electron chi connectivity index (χ1n) is 7.80. The van der Waals surface area contributed by atoms with Crippen LogP contribution in [0.5, 0.6) is 0 Å². The predicted octanol–water partition coefficient (Wildman–Crippen LogP) is 2.52. The Bertz CT molecular complexity index is 589. The Morgan fingerprint density at radius 1 is 1.57 bits per heavy atom. The summed E-state index contributed by atoms with van der Waals surface area (Å²) in [5.41, 5.74) is 1.65. The largest absolute Gasteiger partial charge is 0.348 e. The van der Waals surface area contributed by atoms with Gasteiger partial charge in [-0.1, -0.05) is 19.1 Å². The highest BCUT2D eigenvalue weighted by Crippen LogP contribution is 2.24. The molecular weight excluding hydrogens is 310 g/mol. The highest BCUT2D eigenvalue weighted by molar-refractivity contribution is 7.99. The molecular formula is C17H23N3O2S. The number of thioether (sulfide) groups is 1. The Labute approximate surface area is 141 Å². The first-order chi connectivity index (χ1) is 11.0. The fourth-order valence-electron chi connectivity index (χ4n) is 2.51. The first kappa shape index (κ1) is 17.5. The number of amides is 2. The third-order valence-corrected chi connectivity index (χ3v) is 4.85. The molecule has 124 valence electrons. The average molecular weight is 333 g/mol. The van der Waals surface area contributed by atoms with E-state index in [9.17, 15) is 9.59 Å². The van der Waals surface area contributed by atoms with Gasteiger partial charge in [-0.25, -0.2) is 0 Å². The number of rotatable bonds is 5. The van der Waals surface area contributed by atoms with Gasteiger partial charge in [-0.15, -0.1) is 11.8 Å². The zero-order valence-corrected chi connectivity index (χ0v) is 14.6. The van der Waals surface area contributed by atoms with Crippen LogP contribution >= 0.6 is 11.8 Å². The van der Waals surface area contributed by atoms with Crippen molar-refractivity contribution in [2.24, 2.45) is 0 Å². The Hall–Kier alpha value is -1.82. The van der Waals surface area contributed by atoms with E-state index < -0.39 is 6.04 Å². The molecule has 0 saturated carbocycles. The molecule has 0 radical (unpaired) electrons. The average Bonchev–Trinajstić information content (AvgIpc) is 3.04. The molecule has 1 aliphatic rings. The van der Waals surface area contributed by atoms with E-state index in [1.807, 2.05) is 39.0 Å². The fourth-order valence-corrected chi connectivity index (χ4v) is 3.66. The van der Waals surface area contributed by atoms with Crippen LogP contribution in [0.15, 0.2) is 36.2 Å². The highest BCUT2D eigenvalue weighted by Gasteiger charge is 2.35. The molecule has 0 spiro atoms. The van der Waals surface area contributed by atoms with Crippen molar-refractivity contribution in [1.82, 2.24) is 15.2 Å². The Balaban J connectivity index is 2.03. The number of aromatic nitrogens is 1. The summed E-state index contributed by atoms with van der Waals surface area (Å²) < 4.78 is 0. The first-order valence-corrected chi connectivity index (χ1v) is 8.95. The van der Waals surface area contributed by atoms with E-state index in [2.05, 4.69) is 10.3 Å². The Kier molecular flexibility index (Phi) is 6.21. The maximum absolute atomic E-state index is 12.6. The van der Waals surface area contributed by atoms with E-state index >= 15 is 0 Å². The molecule has 1 N–H and O–H groups in total. The maximum atomic E-state index is 12.6. The monoisotopic (exact) mass is 333 g/mol. The molecule has 0 aliphatic carbocycles. The standard InChI is InChI=1S/C17H23N3O2S/c1-4-6-12(2)17(22)20-11-23-10-15(20)16(21)19-13(3)14-7-5-8-18-9-14/h5-9,13,15H,4,10-11H2,1-3H3,(H,19,21). The van der Waals surface area contributed by atoms with Gasteiger partial charge in [-0.05, 0) is 31.9 Å².